The molecule has 3 nitrogen and oxygen atoms in total. The first kappa shape index (κ1) is 12.4. The van der Waals surface area contributed by atoms with Crippen LogP contribution in [0.4, 0.5) is 5.69 Å². The van der Waals surface area contributed by atoms with Crippen molar-refractivity contribution in [2.75, 3.05) is 6.61 Å². The molecule has 0 atom stereocenters. The van der Waals surface area contributed by atoms with Crippen molar-refractivity contribution in [2.45, 2.75) is 27.2 Å². The Morgan fingerprint density at radius 3 is 2.81 bits per heavy atom. The van der Waals surface area contributed by atoms with E-state index in [9.17, 15) is 4.79 Å². The number of carbonyl (C=O) groups is 1. The quantitative estimate of drug-likeness (QED) is 0.576. The number of hydrogen-bond acceptors (Lipinski definition) is 3. The van der Waals surface area contributed by atoms with Crippen LogP contribution in [0.15, 0.2) is 29.3 Å². The first-order chi connectivity index (χ1) is 7.61. The maximum Gasteiger partial charge on any atom is 0.311 e. The molecule has 0 aliphatic carbocycles. The second kappa shape index (κ2) is 6.05. The SMILES string of the molecule is CCOC(=O)CC(C)=Nc1cccc(C)c1. The van der Waals surface area contributed by atoms with Gasteiger partial charge in [-0.15, -0.1) is 0 Å². The molecule has 0 saturated carbocycles. The topological polar surface area (TPSA) is 38.7 Å². The van der Waals surface area contributed by atoms with Gasteiger partial charge in [0.1, 0.15) is 0 Å². The predicted octanol–water partition coefficient (Wildman–Crippen LogP) is 3.04. The summed E-state index contributed by atoms with van der Waals surface area (Å²) in [5, 5.41) is 0. The van der Waals surface area contributed by atoms with Crippen molar-refractivity contribution in [3.63, 3.8) is 0 Å². The minimum Gasteiger partial charge on any atom is -0.466 e. The maximum absolute atomic E-state index is 11.2. The molecule has 86 valence electrons. The number of aliphatic imine (C=N–C) groups is 1. The van der Waals surface area contributed by atoms with E-state index in [1.54, 1.807) is 6.92 Å². The van der Waals surface area contributed by atoms with Gasteiger partial charge in [-0.05, 0) is 38.5 Å². The largest absolute Gasteiger partial charge is 0.466 e. The smallest absolute Gasteiger partial charge is 0.311 e. The molecule has 0 aliphatic rings. The summed E-state index contributed by atoms with van der Waals surface area (Å²) in [6.45, 7) is 6.06. The van der Waals surface area contributed by atoms with Crippen LogP contribution in [0, 0.1) is 6.92 Å². The van der Waals surface area contributed by atoms with E-state index in [0.717, 1.165) is 17.0 Å². The molecule has 3 heteroatoms. The van der Waals surface area contributed by atoms with Crippen LogP contribution < -0.4 is 0 Å². The molecule has 0 aliphatic heterocycles. The van der Waals surface area contributed by atoms with Gasteiger partial charge in [0.05, 0.1) is 18.7 Å². The molecule has 1 aromatic carbocycles. The molecule has 0 bridgehead atoms. The molecule has 0 radical (unpaired) electrons. The van der Waals surface area contributed by atoms with E-state index in [4.69, 9.17) is 4.74 Å². The summed E-state index contributed by atoms with van der Waals surface area (Å²) in [6, 6.07) is 7.86. The molecule has 1 aromatic rings. The lowest BCUT2D eigenvalue weighted by Crippen LogP contribution is -2.08. The van der Waals surface area contributed by atoms with E-state index < -0.39 is 0 Å². The standard InChI is InChI=1S/C13H17NO2/c1-4-16-13(15)9-11(3)14-12-7-5-6-10(2)8-12/h5-8H,4,9H2,1-3H3. The van der Waals surface area contributed by atoms with Crippen LogP contribution in [0.5, 0.6) is 0 Å². The Morgan fingerprint density at radius 1 is 1.44 bits per heavy atom. The number of nitrogens with zero attached hydrogens (tertiary/aromatic N) is 1. The van der Waals surface area contributed by atoms with Gasteiger partial charge in [-0.3, -0.25) is 9.79 Å². The summed E-state index contributed by atoms with van der Waals surface area (Å²) in [4.78, 5) is 15.6. The highest BCUT2D eigenvalue weighted by Crippen LogP contribution is 2.14. The molecule has 0 fully saturated rings. The lowest BCUT2D eigenvalue weighted by Gasteiger charge is -2.02. The average Bonchev–Trinajstić information content (AvgIpc) is 2.17. The van der Waals surface area contributed by atoms with E-state index in [1.165, 1.54) is 0 Å². The Bertz CT molecular complexity index is 397. The van der Waals surface area contributed by atoms with Crippen molar-refractivity contribution in [3.05, 3.63) is 29.8 Å². The molecule has 16 heavy (non-hydrogen) atoms. The fraction of sp³-hybridized carbons (Fsp3) is 0.385. The molecule has 0 N–H and O–H groups in total. The van der Waals surface area contributed by atoms with Gasteiger partial charge in [-0.25, -0.2) is 0 Å². The number of benzene rings is 1. The van der Waals surface area contributed by atoms with E-state index >= 15 is 0 Å². The van der Waals surface area contributed by atoms with Gasteiger partial charge in [-0.1, -0.05) is 12.1 Å². The monoisotopic (exact) mass is 219 g/mol. The summed E-state index contributed by atoms with van der Waals surface area (Å²) in [5.41, 5.74) is 2.80. The Morgan fingerprint density at radius 2 is 2.19 bits per heavy atom. The fourth-order valence-corrected chi connectivity index (χ4v) is 1.38. The number of rotatable bonds is 4. The number of carbonyl (C=O) groups excluding carboxylic acids is 1. The molecular weight excluding hydrogens is 202 g/mol. The molecule has 0 amide bonds. The summed E-state index contributed by atoms with van der Waals surface area (Å²) in [5.74, 6) is -0.226. The van der Waals surface area contributed by atoms with Gasteiger partial charge in [0.15, 0.2) is 0 Å². The van der Waals surface area contributed by atoms with Crippen LogP contribution in [-0.2, 0) is 9.53 Å². The number of hydrogen-bond donors (Lipinski definition) is 0. The Kier molecular flexibility index (Phi) is 4.70. The van der Waals surface area contributed by atoms with Crippen molar-refractivity contribution < 1.29 is 9.53 Å². The highest BCUT2D eigenvalue weighted by atomic mass is 16.5. The Hall–Kier alpha value is -1.64. The molecule has 0 saturated heterocycles. The van der Waals surface area contributed by atoms with Gasteiger partial charge < -0.3 is 4.74 Å². The van der Waals surface area contributed by atoms with Crippen LogP contribution in [0.1, 0.15) is 25.8 Å². The minimum atomic E-state index is -0.226. The summed E-state index contributed by atoms with van der Waals surface area (Å²) < 4.78 is 4.85. The van der Waals surface area contributed by atoms with Crippen molar-refractivity contribution in [1.29, 1.82) is 0 Å². The zero-order valence-electron chi connectivity index (χ0n) is 9.99. The van der Waals surface area contributed by atoms with Crippen LogP contribution >= 0.6 is 0 Å². The Labute approximate surface area is 96.2 Å². The van der Waals surface area contributed by atoms with Gasteiger partial charge in [0, 0.05) is 5.71 Å². The summed E-state index contributed by atoms with van der Waals surface area (Å²) in [6.07, 6.45) is 0.252. The summed E-state index contributed by atoms with van der Waals surface area (Å²) >= 11 is 0. The van der Waals surface area contributed by atoms with Crippen molar-refractivity contribution in [2.24, 2.45) is 4.99 Å². The average molecular weight is 219 g/mol. The van der Waals surface area contributed by atoms with Gasteiger partial charge in [0.2, 0.25) is 0 Å². The molecular formula is C13H17NO2. The van der Waals surface area contributed by atoms with Gasteiger partial charge in [0.25, 0.3) is 0 Å². The molecule has 0 unspecified atom stereocenters. The molecule has 0 heterocycles. The van der Waals surface area contributed by atoms with E-state index in [-0.39, 0.29) is 12.4 Å². The van der Waals surface area contributed by atoms with Crippen molar-refractivity contribution in [3.8, 4) is 0 Å². The first-order valence-corrected chi connectivity index (χ1v) is 5.38. The normalized spacial score (nSPS) is 11.3. The van der Waals surface area contributed by atoms with E-state index in [0.29, 0.717) is 6.61 Å². The van der Waals surface area contributed by atoms with Crippen LogP contribution in [-0.4, -0.2) is 18.3 Å². The van der Waals surface area contributed by atoms with Crippen LogP contribution in [0.2, 0.25) is 0 Å². The van der Waals surface area contributed by atoms with Gasteiger partial charge in [-0.2, -0.15) is 0 Å². The second-order valence-electron chi connectivity index (χ2n) is 3.67. The number of aryl methyl sites for hydroxylation is 1. The second-order valence-corrected chi connectivity index (χ2v) is 3.67. The first-order valence-electron chi connectivity index (χ1n) is 5.38. The molecule has 0 aromatic heterocycles. The lowest BCUT2D eigenvalue weighted by atomic mass is 10.2. The minimum absolute atomic E-state index is 0.226. The fourth-order valence-electron chi connectivity index (χ4n) is 1.38. The number of ether oxygens (including phenoxy) is 1. The highest BCUT2D eigenvalue weighted by molar-refractivity contribution is 5.98. The molecule has 0 spiro atoms. The maximum atomic E-state index is 11.2. The highest BCUT2D eigenvalue weighted by Gasteiger charge is 2.03. The van der Waals surface area contributed by atoms with E-state index in [1.807, 2.05) is 38.1 Å². The molecule has 1 rings (SSSR count). The van der Waals surface area contributed by atoms with Crippen LogP contribution in [0.25, 0.3) is 0 Å². The lowest BCUT2D eigenvalue weighted by molar-refractivity contribution is -0.141. The third-order valence-electron chi connectivity index (χ3n) is 2.03. The van der Waals surface area contributed by atoms with Crippen molar-refractivity contribution in [1.82, 2.24) is 0 Å². The third kappa shape index (κ3) is 4.26. The third-order valence-corrected chi connectivity index (χ3v) is 2.03. The van der Waals surface area contributed by atoms with E-state index in [2.05, 4.69) is 4.99 Å². The predicted molar refractivity (Wildman–Crippen MR) is 65.2 cm³/mol. The van der Waals surface area contributed by atoms with Gasteiger partial charge >= 0.3 is 5.97 Å². The Balaban J connectivity index is 2.66. The number of esters is 1. The van der Waals surface area contributed by atoms with Crippen molar-refractivity contribution >= 4 is 17.4 Å². The van der Waals surface area contributed by atoms with Crippen LogP contribution in [0.3, 0.4) is 0 Å². The zero-order chi connectivity index (χ0) is 12.0. The summed E-state index contributed by atoms with van der Waals surface area (Å²) in [7, 11) is 0. The zero-order valence-corrected chi connectivity index (χ0v) is 9.99.